The largest absolute Gasteiger partial charge is 0.395 e. The van der Waals surface area contributed by atoms with E-state index >= 15 is 0 Å². The molecule has 0 fully saturated rings. The number of benzene rings is 1. The van der Waals surface area contributed by atoms with Crippen LogP contribution >= 0.6 is 11.8 Å². The molecule has 0 aliphatic heterocycles. The minimum Gasteiger partial charge on any atom is -0.395 e. The van der Waals surface area contributed by atoms with E-state index in [-0.39, 0.29) is 12.6 Å². The lowest BCUT2D eigenvalue weighted by molar-refractivity contribution is 0.260. The van der Waals surface area contributed by atoms with Crippen LogP contribution in [-0.2, 0) is 0 Å². The number of thioether (sulfide) groups is 1. The Morgan fingerprint density at radius 1 is 1.38 bits per heavy atom. The highest BCUT2D eigenvalue weighted by Gasteiger charge is 2.03. The minimum absolute atomic E-state index is 0.185. The van der Waals surface area contributed by atoms with Crippen molar-refractivity contribution in [2.45, 2.75) is 10.9 Å². The normalized spacial score (nSPS) is 12.8. The lowest BCUT2D eigenvalue weighted by atomic mass is 10.4. The van der Waals surface area contributed by atoms with Crippen molar-refractivity contribution in [3.8, 4) is 0 Å². The Kier molecular flexibility index (Phi) is 4.90. The van der Waals surface area contributed by atoms with Gasteiger partial charge >= 0.3 is 0 Å². The molecule has 0 aliphatic carbocycles. The van der Waals surface area contributed by atoms with E-state index in [9.17, 15) is 0 Å². The van der Waals surface area contributed by atoms with Crippen LogP contribution in [0.4, 0.5) is 0 Å². The molecule has 1 unspecified atom stereocenters. The van der Waals surface area contributed by atoms with Gasteiger partial charge in [-0.25, -0.2) is 0 Å². The maximum Gasteiger partial charge on any atom is 0.0592 e. The van der Waals surface area contributed by atoms with Gasteiger partial charge in [0.05, 0.1) is 6.61 Å². The van der Waals surface area contributed by atoms with Crippen LogP contribution in [-0.4, -0.2) is 30.6 Å². The summed E-state index contributed by atoms with van der Waals surface area (Å²) < 4.78 is 0. The van der Waals surface area contributed by atoms with Crippen LogP contribution in [0.25, 0.3) is 0 Å². The Labute approximate surface area is 83.4 Å². The fourth-order valence-corrected chi connectivity index (χ4v) is 1.96. The summed E-state index contributed by atoms with van der Waals surface area (Å²) in [4.78, 5) is 1.25. The van der Waals surface area contributed by atoms with Gasteiger partial charge in [0.25, 0.3) is 0 Å². The fraction of sp³-hybridized carbons (Fsp3) is 0.400. The van der Waals surface area contributed by atoms with E-state index in [4.69, 9.17) is 5.11 Å². The Morgan fingerprint density at radius 3 is 2.62 bits per heavy atom. The molecule has 2 nitrogen and oxygen atoms in total. The fourth-order valence-electron chi connectivity index (χ4n) is 0.941. The summed E-state index contributed by atoms with van der Waals surface area (Å²) in [5.41, 5.74) is 0. The number of hydrogen-bond acceptors (Lipinski definition) is 3. The first-order valence-electron chi connectivity index (χ1n) is 4.32. The lowest BCUT2D eigenvalue weighted by Crippen LogP contribution is -2.31. The Balaban J connectivity index is 2.34. The van der Waals surface area contributed by atoms with Crippen LogP contribution in [0.1, 0.15) is 0 Å². The molecule has 0 spiro atoms. The molecule has 0 bridgehead atoms. The van der Waals surface area contributed by atoms with Gasteiger partial charge in [-0.05, 0) is 19.2 Å². The SMILES string of the molecule is CNC(CO)CSc1ccccc1. The van der Waals surface area contributed by atoms with Gasteiger partial charge in [-0.2, -0.15) is 0 Å². The molecule has 1 aromatic rings. The first kappa shape index (κ1) is 10.6. The average molecular weight is 197 g/mol. The van der Waals surface area contributed by atoms with E-state index in [0.29, 0.717) is 0 Å². The molecule has 0 heterocycles. The van der Waals surface area contributed by atoms with Crippen LogP contribution in [0.2, 0.25) is 0 Å². The number of hydrogen-bond donors (Lipinski definition) is 2. The molecule has 3 heteroatoms. The highest BCUT2D eigenvalue weighted by Crippen LogP contribution is 2.17. The molecule has 0 saturated heterocycles. The van der Waals surface area contributed by atoms with Gasteiger partial charge in [0, 0.05) is 16.7 Å². The molecule has 0 aromatic heterocycles. The summed E-state index contributed by atoms with van der Waals surface area (Å²) in [5, 5.41) is 12.0. The van der Waals surface area contributed by atoms with Gasteiger partial charge in [0.1, 0.15) is 0 Å². The predicted octanol–water partition coefficient (Wildman–Crippen LogP) is 1.36. The standard InChI is InChI=1S/C10H15NOS/c1-11-9(7-12)8-13-10-5-3-2-4-6-10/h2-6,9,11-12H,7-8H2,1H3. The third-order valence-corrected chi connectivity index (χ3v) is 3.00. The molecule has 2 N–H and O–H groups in total. The minimum atomic E-state index is 0.185. The smallest absolute Gasteiger partial charge is 0.0592 e. The van der Waals surface area contributed by atoms with Crippen LogP contribution in [0.15, 0.2) is 35.2 Å². The first-order valence-corrected chi connectivity index (χ1v) is 5.31. The molecule has 0 amide bonds. The highest BCUT2D eigenvalue weighted by atomic mass is 32.2. The van der Waals surface area contributed by atoms with Crippen molar-refractivity contribution in [2.24, 2.45) is 0 Å². The lowest BCUT2D eigenvalue weighted by Gasteiger charge is -2.11. The van der Waals surface area contributed by atoms with Crippen molar-refractivity contribution in [1.82, 2.24) is 5.32 Å². The molecule has 1 aromatic carbocycles. The second-order valence-electron chi connectivity index (χ2n) is 2.79. The predicted molar refractivity (Wildman–Crippen MR) is 57.1 cm³/mol. The van der Waals surface area contributed by atoms with Crippen molar-refractivity contribution >= 4 is 11.8 Å². The van der Waals surface area contributed by atoms with Crippen molar-refractivity contribution < 1.29 is 5.11 Å². The molecular formula is C10H15NOS. The zero-order chi connectivity index (χ0) is 9.52. The number of rotatable bonds is 5. The summed E-state index contributed by atoms with van der Waals surface area (Å²) in [5.74, 6) is 0.900. The molecule has 13 heavy (non-hydrogen) atoms. The van der Waals surface area contributed by atoms with E-state index < -0.39 is 0 Å². The van der Waals surface area contributed by atoms with Gasteiger partial charge in [-0.15, -0.1) is 11.8 Å². The van der Waals surface area contributed by atoms with E-state index in [1.54, 1.807) is 11.8 Å². The van der Waals surface area contributed by atoms with Crippen molar-refractivity contribution in [3.63, 3.8) is 0 Å². The molecule has 0 aliphatic rings. The molecule has 0 radical (unpaired) electrons. The summed E-state index contributed by atoms with van der Waals surface area (Å²) in [6, 6.07) is 10.4. The van der Waals surface area contributed by atoms with Gasteiger partial charge in [0.2, 0.25) is 0 Å². The Hall–Kier alpha value is -0.510. The van der Waals surface area contributed by atoms with E-state index in [1.807, 2.05) is 25.2 Å². The monoisotopic (exact) mass is 197 g/mol. The molecule has 72 valence electrons. The molecule has 1 rings (SSSR count). The van der Waals surface area contributed by atoms with Crippen LogP contribution in [0.5, 0.6) is 0 Å². The van der Waals surface area contributed by atoms with Crippen molar-refractivity contribution in [3.05, 3.63) is 30.3 Å². The number of nitrogens with one attached hydrogen (secondary N) is 1. The van der Waals surface area contributed by atoms with Gasteiger partial charge in [-0.3, -0.25) is 0 Å². The number of aliphatic hydroxyl groups is 1. The maximum absolute atomic E-state index is 8.93. The van der Waals surface area contributed by atoms with E-state index in [1.165, 1.54) is 4.90 Å². The number of likely N-dealkylation sites (N-methyl/N-ethyl adjacent to an activating group) is 1. The maximum atomic E-state index is 8.93. The van der Waals surface area contributed by atoms with Gasteiger partial charge in [0.15, 0.2) is 0 Å². The summed E-state index contributed by atoms with van der Waals surface area (Å²) in [6.45, 7) is 0.191. The summed E-state index contributed by atoms with van der Waals surface area (Å²) in [6.07, 6.45) is 0. The highest BCUT2D eigenvalue weighted by molar-refractivity contribution is 7.99. The Bertz CT molecular complexity index is 224. The molecule has 1 atom stereocenters. The van der Waals surface area contributed by atoms with Crippen molar-refractivity contribution in [2.75, 3.05) is 19.4 Å². The van der Waals surface area contributed by atoms with Crippen LogP contribution in [0.3, 0.4) is 0 Å². The zero-order valence-electron chi connectivity index (χ0n) is 7.73. The zero-order valence-corrected chi connectivity index (χ0v) is 8.55. The molecular weight excluding hydrogens is 182 g/mol. The topological polar surface area (TPSA) is 32.3 Å². The van der Waals surface area contributed by atoms with E-state index in [2.05, 4.69) is 17.4 Å². The average Bonchev–Trinajstić information content (AvgIpc) is 2.21. The first-order chi connectivity index (χ1) is 6.36. The van der Waals surface area contributed by atoms with Gasteiger partial charge < -0.3 is 10.4 Å². The van der Waals surface area contributed by atoms with E-state index in [0.717, 1.165) is 5.75 Å². The summed E-state index contributed by atoms with van der Waals surface area (Å²) >= 11 is 1.76. The van der Waals surface area contributed by atoms with Crippen molar-refractivity contribution in [1.29, 1.82) is 0 Å². The third kappa shape index (κ3) is 3.81. The third-order valence-electron chi connectivity index (χ3n) is 1.82. The second-order valence-corrected chi connectivity index (χ2v) is 3.89. The molecule has 0 saturated carbocycles. The quantitative estimate of drug-likeness (QED) is 0.699. The van der Waals surface area contributed by atoms with Gasteiger partial charge in [-0.1, -0.05) is 18.2 Å². The Morgan fingerprint density at radius 2 is 2.08 bits per heavy atom. The number of aliphatic hydroxyl groups excluding tert-OH is 1. The van der Waals surface area contributed by atoms with Crippen LogP contribution in [0, 0.1) is 0 Å². The second kappa shape index (κ2) is 6.02. The summed E-state index contributed by atoms with van der Waals surface area (Å²) in [7, 11) is 1.87. The van der Waals surface area contributed by atoms with Crippen LogP contribution < -0.4 is 5.32 Å².